The van der Waals surface area contributed by atoms with Crippen molar-refractivity contribution >= 4 is 17.3 Å². The van der Waals surface area contributed by atoms with Gasteiger partial charge >= 0.3 is 0 Å². The number of aromatic nitrogens is 1. The van der Waals surface area contributed by atoms with Crippen molar-refractivity contribution in [3.63, 3.8) is 0 Å². The molecule has 0 unspecified atom stereocenters. The third kappa shape index (κ3) is 3.13. The number of aryl methyl sites for hydroxylation is 1. The lowest BCUT2D eigenvalue weighted by Crippen LogP contribution is -2.15. The lowest BCUT2D eigenvalue weighted by atomic mass is 10.2. The number of carbonyl (C=O) groups excluding carboxylic acids is 1. The fourth-order valence-corrected chi connectivity index (χ4v) is 1.77. The molecule has 110 valence electrons. The maximum Gasteiger partial charge on any atom is 0.259 e. The van der Waals surface area contributed by atoms with Gasteiger partial charge in [-0.2, -0.15) is 0 Å². The topological polar surface area (TPSA) is 54.0 Å². The molecule has 0 bridgehead atoms. The van der Waals surface area contributed by atoms with E-state index in [1.165, 1.54) is 6.20 Å². The van der Waals surface area contributed by atoms with Gasteiger partial charge in [0.1, 0.15) is 0 Å². The van der Waals surface area contributed by atoms with E-state index in [4.69, 9.17) is 0 Å². The summed E-state index contributed by atoms with van der Waals surface area (Å²) in [5, 5.41) is 5.12. The van der Waals surface area contributed by atoms with Crippen molar-refractivity contribution in [3.05, 3.63) is 53.1 Å². The lowest BCUT2D eigenvalue weighted by molar-refractivity contribution is 0.102. The van der Waals surface area contributed by atoms with Gasteiger partial charge in [-0.1, -0.05) is 0 Å². The van der Waals surface area contributed by atoms with Crippen molar-refractivity contribution in [3.8, 4) is 0 Å². The van der Waals surface area contributed by atoms with E-state index in [1.54, 1.807) is 20.0 Å². The first-order valence-corrected chi connectivity index (χ1v) is 6.02. The van der Waals surface area contributed by atoms with Crippen molar-refractivity contribution in [2.75, 3.05) is 17.7 Å². The molecule has 0 radical (unpaired) electrons. The molecule has 2 aromatic rings. The van der Waals surface area contributed by atoms with Gasteiger partial charge in [0, 0.05) is 36.8 Å². The summed E-state index contributed by atoms with van der Waals surface area (Å²) in [4.78, 5) is 16.1. The standard InChI is InChI=1S/C14H12F3N3O/c1-7-3-12(18-2)9(6-19-7)14(21)20-8-4-10(15)13(17)11(16)5-8/h3-6H,1-2H3,(H,18,19)(H,20,21). The molecule has 2 rings (SSSR count). The van der Waals surface area contributed by atoms with Gasteiger partial charge < -0.3 is 10.6 Å². The van der Waals surface area contributed by atoms with Crippen molar-refractivity contribution in [1.29, 1.82) is 0 Å². The highest BCUT2D eigenvalue weighted by Gasteiger charge is 2.15. The molecule has 1 amide bonds. The van der Waals surface area contributed by atoms with Crippen LogP contribution in [0.15, 0.2) is 24.4 Å². The highest BCUT2D eigenvalue weighted by atomic mass is 19.2. The summed E-state index contributed by atoms with van der Waals surface area (Å²) in [6, 6.07) is 3.06. The van der Waals surface area contributed by atoms with Crippen LogP contribution in [0.5, 0.6) is 0 Å². The van der Waals surface area contributed by atoms with Gasteiger partial charge in [-0.25, -0.2) is 13.2 Å². The summed E-state index contributed by atoms with van der Waals surface area (Å²) in [7, 11) is 1.63. The van der Waals surface area contributed by atoms with Crippen LogP contribution in [0.3, 0.4) is 0 Å². The molecule has 0 atom stereocenters. The highest BCUT2D eigenvalue weighted by molar-refractivity contribution is 6.07. The Bertz CT molecular complexity index is 681. The van der Waals surface area contributed by atoms with E-state index in [1.807, 2.05) is 0 Å². The van der Waals surface area contributed by atoms with Crippen molar-refractivity contribution in [2.45, 2.75) is 6.92 Å². The predicted octanol–water partition coefficient (Wildman–Crippen LogP) is 3.10. The molecule has 1 aromatic carbocycles. The first-order chi connectivity index (χ1) is 9.92. The Morgan fingerprint density at radius 1 is 1.14 bits per heavy atom. The van der Waals surface area contributed by atoms with Crippen LogP contribution >= 0.6 is 0 Å². The highest BCUT2D eigenvalue weighted by Crippen LogP contribution is 2.20. The van der Waals surface area contributed by atoms with E-state index >= 15 is 0 Å². The largest absolute Gasteiger partial charge is 0.387 e. The molecule has 0 aliphatic rings. The third-order valence-corrected chi connectivity index (χ3v) is 2.80. The summed E-state index contributed by atoms with van der Waals surface area (Å²) in [6.07, 6.45) is 1.34. The van der Waals surface area contributed by atoms with E-state index < -0.39 is 23.4 Å². The molecule has 21 heavy (non-hydrogen) atoms. The number of nitrogens with zero attached hydrogens (tertiary/aromatic N) is 1. The zero-order valence-corrected chi connectivity index (χ0v) is 11.3. The summed E-state index contributed by atoms with van der Waals surface area (Å²) in [5.74, 6) is -4.94. The number of benzene rings is 1. The summed E-state index contributed by atoms with van der Waals surface area (Å²) >= 11 is 0. The summed E-state index contributed by atoms with van der Waals surface area (Å²) in [5.41, 5.74) is 1.24. The first kappa shape index (κ1) is 14.8. The minimum atomic E-state index is -1.58. The van der Waals surface area contributed by atoms with Crippen molar-refractivity contribution in [2.24, 2.45) is 0 Å². The average Bonchev–Trinajstić information content (AvgIpc) is 2.44. The number of pyridine rings is 1. The minimum Gasteiger partial charge on any atom is -0.387 e. The van der Waals surface area contributed by atoms with E-state index in [9.17, 15) is 18.0 Å². The summed E-state index contributed by atoms with van der Waals surface area (Å²) in [6.45, 7) is 1.76. The monoisotopic (exact) mass is 295 g/mol. The van der Waals surface area contributed by atoms with Gasteiger partial charge in [-0.05, 0) is 13.0 Å². The number of carbonyl (C=O) groups is 1. The Morgan fingerprint density at radius 3 is 2.33 bits per heavy atom. The van der Waals surface area contributed by atoms with Crippen LogP contribution in [-0.4, -0.2) is 17.9 Å². The molecule has 0 aliphatic carbocycles. The van der Waals surface area contributed by atoms with Crippen LogP contribution in [0, 0.1) is 24.4 Å². The molecule has 0 aliphatic heterocycles. The smallest absolute Gasteiger partial charge is 0.259 e. The van der Waals surface area contributed by atoms with Gasteiger partial charge in [0.05, 0.1) is 11.3 Å². The van der Waals surface area contributed by atoms with Crippen LogP contribution in [0.4, 0.5) is 24.5 Å². The van der Waals surface area contributed by atoms with Gasteiger partial charge in [-0.3, -0.25) is 9.78 Å². The van der Waals surface area contributed by atoms with Crippen LogP contribution in [0.1, 0.15) is 16.1 Å². The minimum absolute atomic E-state index is 0.181. The predicted molar refractivity (Wildman–Crippen MR) is 72.8 cm³/mol. The fourth-order valence-electron chi connectivity index (χ4n) is 1.77. The summed E-state index contributed by atoms with van der Waals surface area (Å²) < 4.78 is 39.1. The second-order valence-electron chi connectivity index (χ2n) is 4.33. The Kier molecular flexibility index (Phi) is 4.11. The molecular formula is C14H12F3N3O. The van der Waals surface area contributed by atoms with Crippen LogP contribution in [0.2, 0.25) is 0 Å². The van der Waals surface area contributed by atoms with Crippen molar-refractivity contribution in [1.82, 2.24) is 4.98 Å². The first-order valence-electron chi connectivity index (χ1n) is 6.02. The average molecular weight is 295 g/mol. The SMILES string of the molecule is CNc1cc(C)ncc1C(=O)Nc1cc(F)c(F)c(F)c1. The molecule has 4 nitrogen and oxygen atoms in total. The number of rotatable bonds is 3. The quantitative estimate of drug-likeness (QED) is 0.856. The number of halogens is 3. The molecule has 0 saturated carbocycles. The van der Waals surface area contributed by atoms with Gasteiger partial charge in [0.2, 0.25) is 0 Å². The van der Waals surface area contributed by atoms with Gasteiger partial charge in [0.25, 0.3) is 5.91 Å². The lowest BCUT2D eigenvalue weighted by Gasteiger charge is -2.10. The van der Waals surface area contributed by atoms with Crippen LogP contribution < -0.4 is 10.6 Å². The van der Waals surface area contributed by atoms with E-state index in [0.717, 1.165) is 0 Å². The number of hydrogen-bond donors (Lipinski definition) is 2. The number of nitrogens with one attached hydrogen (secondary N) is 2. The Morgan fingerprint density at radius 2 is 1.76 bits per heavy atom. The maximum atomic E-state index is 13.1. The molecule has 0 spiro atoms. The van der Waals surface area contributed by atoms with E-state index in [-0.39, 0.29) is 11.3 Å². The molecule has 7 heteroatoms. The maximum absolute atomic E-state index is 13.1. The number of amides is 1. The van der Waals surface area contributed by atoms with Crippen LogP contribution in [0.25, 0.3) is 0 Å². The number of hydrogen-bond acceptors (Lipinski definition) is 3. The van der Waals surface area contributed by atoms with E-state index in [2.05, 4.69) is 15.6 Å². The molecule has 0 saturated heterocycles. The Hall–Kier alpha value is -2.57. The molecule has 0 fully saturated rings. The molecular weight excluding hydrogens is 283 g/mol. The Labute approximate surface area is 119 Å². The fraction of sp³-hybridized carbons (Fsp3) is 0.143. The zero-order chi connectivity index (χ0) is 15.6. The molecule has 1 heterocycles. The molecule has 1 aromatic heterocycles. The normalized spacial score (nSPS) is 10.3. The van der Waals surface area contributed by atoms with Crippen molar-refractivity contribution < 1.29 is 18.0 Å². The third-order valence-electron chi connectivity index (χ3n) is 2.80. The van der Waals surface area contributed by atoms with Gasteiger partial charge in [0.15, 0.2) is 17.5 Å². The van der Waals surface area contributed by atoms with Crippen LogP contribution in [-0.2, 0) is 0 Å². The Balaban J connectivity index is 2.30. The second-order valence-corrected chi connectivity index (χ2v) is 4.33. The molecule has 2 N–H and O–H groups in total. The van der Waals surface area contributed by atoms with E-state index in [0.29, 0.717) is 23.5 Å². The second kappa shape index (κ2) is 5.82. The van der Waals surface area contributed by atoms with Gasteiger partial charge in [-0.15, -0.1) is 0 Å². The number of anilines is 2. The zero-order valence-electron chi connectivity index (χ0n) is 11.3.